The number of hydrogen-bond donors (Lipinski definition) is 2. The standard InChI is InChI=1S/C24H31N5O4/c1-4-33-22(30)9-10-25-24(32)29-13-11-28(12-14-29)21-8-6-19(16-26-21)23(31)27-20-7-5-17(2)18(3)15-20/h5-8,15-16H,4,9-14H2,1-3H3,(H,25,32)(H,27,31). The molecular formula is C24H31N5O4. The number of anilines is 2. The van der Waals surface area contributed by atoms with Crippen LogP contribution in [-0.4, -0.2) is 67.1 Å². The van der Waals surface area contributed by atoms with Crippen molar-refractivity contribution in [3.05, 3.63) is 53.2 Å². The molecule has 9 heteroatoms. The third-order valence-electron chi connectivity index (χ3n) is 5.58. The van der Waals surface area contributed by atoms with Crippen molar-refractivity contribution < 1.29 is 19.1 Å². The minimum atomic E-state index is -0.320. The number of hydrogen-bond acceptors (Lipinski definition) is 6. The molecule has 1 aromatic carbocycles. The third kappa shape index (κ3) is 6.68. The molecule has 0 unspecified atom stereocenters. The summed E-state index contributed by atoms with van der Waals surface area (Å²) in [5.41, 5.74) is 3.53. The maximum absolute atomic E-state index is 12.5. The lowest BCUT2D eigenvalue weighted by Crippen LogP contribution is -2.52. The lowest BCUT2D eigenvalue weighted by atomic mass is 10.1. The zero-order chi connectivity index (χ0) is 23.8. The number of carbonyl (C=O) groups is 3. The van der Waals surface area contributed by atoms with Gasteiger partial charge in [0.05, 0.1) is 18.6 Å². The van der Waals surface area contributed by atoms with Crippen LogP contribution in [0.4, 0.5) is 16.3 Å². The largest absolute Gasteiger partial charge is 0.466 e. The van der Waals surface area contributed by atoms with Crippen LogP contribution < -0.4 is 15.5 Å². The molecule has 0 atom stereocenters. The molecule has 9 nitrogen and oxygen atoms in total. The summed E-state index contributed by atoms with van der Waals surface area (Å²) < 4.78 is 4.85. The summed E-state index contributed by atoms with van der Waals surface area (Å²) in [6, 6.07) is 9.20. The van der Waals surface area contributed by atoms with Crippen LogP contribution in [0, 0.1) is 13.8 Å². The van der Waals surface area contributed by atoms with E-state index in [-0.39, 0.29) is 30.9 Å². The first-order chi connectivity index (χ1) is 15.9. The van der Waals surface area contributed by atoms with Crippen molar-refractivity contribution >= 4 is 29.4 Å². The Labute approximate surface area is 194 Å². The fourth-order valence-corrected chi connectivity index (χ4v) is 3.48. The van der Waals surface area contributed by atoms with Gasteiger partial charge in [0.2, 0.25) is 0 Å². The molecule has 1 aliphatic rings. The molecule has 0 spiro atoms. The number of esters is 1. The average molecular weight is 454 g/mol. The van der Waals surface area contributed by atoms with Gasteiger partial charge in [-0.2, -0.15) is 0 Å². The van der Waals surface area contributed by atoms with E-state index in [1.54, 1.807) is 24.1 Å². The van der Waals surface area contributed by atoms with Gasteiger partial charge in [-0.15, -0.1) is 0 Å². The fraction of sp³-hybridized carbons (Fsp3) is 0.417. The molecule has 0 saturated carbocycles. The first kappa shape index (κ1) is 24.0. The number of carbonyl (C=O) groups excluding carboxylic acids is 3. The number of ether oxygens (including phenoxy) is 1. The highest BCUT2D eigenvalue weighted by molar-refractivity contribution is 6.04. The van der Waals surface area contributed by atoms with E-state index in [4.69, 9.17) is 4.74 Å². The molecule has 2 heterocycles. The van der Waals surface area contributed by atoms with E-state index in [1.165, 1.54) is 5.56 Å². The summed E-state index contributed by atoms with van der Waals surface area (Å²) >= 11 is 0. The van der Waals surface area contributed by atoms with Gasteiger partial charge in [0.1, 0.15) is 5.82 Å². The van der Waals surface area contributed by atoms with Crippen LogP contribution in [0.15, 0.2) is 36.5 Å². The summed E-state index contributed by atoms with van der Waals surface area (Å²) in [7, 11) is 0. The highest BCUT2D eigenvalue weighted by Crippen LogP contribution is 2.17. The Morgan fingerprint density at radius 1 is 1.03 bits per heavy atom. The smallest absolute Gasteiger partial charge is 0.317 e. The second kappa shape index (κ2) is 11.3. The summed E-state index contributed by atoms with van der Waals surface area (Å²) in [6.45, 7) is 8.73. The Kier molecular flexibility index (Phi) is 8.23. The van der Waals surface area contributed by atoms with Gasteiger partial charge < -0.3 is 25.2 Å². The monoisotopic (exact) mass is 453 g/mol. The molecule has 33 heavy (non-hydrogen) atoms. The number of amides is 3. The highest BCUT2D eigenvalue weighted by Gasteiger charge is 2.22. The number of aromatic nitrogens is 1. The average Bonchev–Trinajstić information content (AvgIpc) is 2.82. The van der Waals surface area contributed by atoms with Gasteiger partial charge in [-0.3, -0.25) is 9.59 Å². The Balaban J connectivity index is 1.47. The minimum absolute atomic E-state index is 0.160. The second-order valence-electron chi connectivity index (χ2n) is 7.92. The minimum Gasteiger partial charge on any atom is -0.466 e. The lowest BCUT2D eigenvalue weighted by Gasteiger charge is -2.35. The van der Waals surface area contributed by atoms with Gasteiger partial charge in [0.25, 0.3) is 5.91 Å². The van der Waals surface area contributed by atoms with Crippen molar-refractivity contribution in [2.45, 2.75) is 27.2 Å². The molecule has 2 aromatic rings. The zero-order valence-corrected chi connectivity index (χ0v) is 19.4. The topological polar surface area (TPSA) is 104 Å². The van der Waals surface area contributed by atoms with Gasteiger partial charge in [-0.1, -0.05) is 6.07 Å². The number of rotatable bonds is 7. The lowest BCUT2D eigenvalue weighted by molar-refractivity contribution is -0.142. The number of urea groups is 1. The predicted octanol–water partition coefficient (Wildman–Crippen LogP) is 2.74. The van der Waals surface area contributed by atoms with Crippen molar-refractivity contribution in [1.29, 1.82) is 0 Å². The number of pyridine rings is 1. The summed E-state index contributed by atoms with van der Waals surface area (Å²) in [4.78, 5) is 44.4. The Morgan fingerprint density at radius 2 is 1.79 bits per heavy atom. The fourth-order valence-electron chi connectivity index (χ4n) is 3.48. The van der Waals surface area contributed by atoms with E-state index in [1.807, 2.05) is 38.1 Å². The molecule has 0 radical (unpaired) electrons. The second-order valence-corrected chi connectivity index (χ2v) is 7.92. The number of benzene rings is 1. The number of aryl methyl sites for hydroxylation is 2. The molecule has 1 aliphatic heterocycles. The quantitative estimate of drug-likeness (QED) is 0.625. The van der Waals surface area contributed by atoms with Gasteiger partial charge in [0, 0.05) is 44.6 Å². The Morgan fingerprint density at radius 3 is 2.42 bits per heavy atom. The summed E-state index contributed by atoms with van der Waals surface area (Å²) in [5.74, 6) is 0.238. The van der Waals surface area contributed by atoms with Crippen LogP contribution in [0.5, 0.6) is 0 Å². The molecular weight excluding hydrogens is 422 g/mol. The molecule has 0 bridgehead atoms. The third-order valence-corrected chi connectivity index (χ3v) is 5.58. The van der Waals surface area contributed by atoms with Crippen molar-refractivity contribution in [2.75, 3.05) is 49.5 Å². The van der Waals surface area contributed by atoms with Crippen molar-refractivity contribution in [2.24, 2.45) is 0 Å². The molecule has 176 valence electrons. The van der Waals surface area contributed by atoms with Crippen LogP contribution in [0.1, 0.15) is 34.8 Å². The van der Waals surface area contributed by atoms with Gasteiger partial charge in [0.15, 0.2) is 0 Å². The van der Waals surface area contributed by atoms with Gasteiger partial charge in [-0.25, -0.2) is 9.78 Å². The molecule has 3 amide bonds. The first-order valence-electron chi connectivity index (χ1n) is 11.2. The van der Waals surface area contributed by atoms with Crippen molar-refractivity contribution in [3.63, 3.8) is 0 Å². The van der Waals surface area contributed by atoms with E-state index in [2.05, 4.69) is 20.5 Å². The van der Waals surface area contributed by atoms with Crippen LogP contribution in [0.3, 0.4) is 0 Å². The maximum Gasteiger partial charge on any atom is 0.317 e. The summed E-state index contributed by atoms with van der Waals surface area (Å²) in [6.07, 6.45) is 1.73. The van der Waals surface area contributed by atoms with Crippen LogP contribution >= 0.6 is 0 Å². The highest BCUT2D eigenvalue weighted by atomic mass is 16.5. The zero-order valence-electron chi connectivity index (χ0n) is 19.4. The molecule has 1 saturated heterocycles. The first-order valence-corrected chi connectivity index (χ1v) is 11.2. The maximum atomic E-state index is 12.5. The molecule has 1 fully saturated rings. The molecule has 3 rings (SSSR count). The Bertz CT molecular complexity index is 985. The summed E-state index contributed by atoms with van der Waals surface area (Å²) in [5, 5.41) is 5.65. The number of nitrogens with zero attached hydrogens (tertiary/aromatic N) is 3. The van der Waals surface area contributed by atoms with Gasteiger partial charge in [-0.05, 0) is 56.2 Å². The van der Waals surface area contributed by atoms with E-state index >= 15 is 0 Å². The molecule has 0 aliphatic carbocycles. The van der Waals surface area contributed by atoms with Crippen molar-refractivity contribution in [1.82, 2.24) is 15.2 Å². The van der Waals surface area contributed by atoms with E-state index in [0.29, 0.717) is 38.3 Å². The van der Waals surface area contributed by atoms with E-state index in [9.17, 15) is 14.4 Å². The van der Waals surface area contributed by atoms with Gasteiger partial charge >= 0.3 is 12.0 Å². The van der Waals surface area contributed by atoms with Crippen molar-refractivity contribution in [3.8, 4) is 0 Å². The predicted molar refractivity (Wildman–Crippen MR) is 127 cm³/mol. The van der Waals surface area contributed by atoms with Crippen LogP contribution in [-0.2, 0) is 9.53 Å². The van der Waals surface area contributed by atoms with E-state index in [0.717, 1.165) is 17.1 Å². The van der Waals surface area contributed by atoms with E-state index < -0.39 is 0 Å². The van der Waals surface area contributed by atoms with Crippen LogP contribution in [0.25, 0.3) is 0 Å². The van der Waals surface area contributed by atoms with Crippen LogP contribution in [0.2, 0.25) is 0 Å². The molecule has 1 aromatic heterocycles. The molecule has 2 N–H and O–H groups in total. The Hall–Kier alpha value is -3.62. The SMILES string of the molecule is CCOC(=O)CCNC(=O)N1CCN(c2ccc(C(=O)Nc3ccc(C)c(C)c3)cn2)CC1. The number of nitrogens with one attached hydrogen (secondary N) is 2. The number of piperazine rings is 1. The normalized spacial score (nSPS) is 13.4.